The van der Waals surface area contributed by atoms with E-state index in [1.165, 1.54) is 64.2 Å². The lowest BCUT2D eigenvalue weighted by atomic mass is 9.99. The molecule has 0 bridgehead atoms. The van der Waals surface area contributed by atoms with Crippen molar-refractivity contribution in [3.05, 3.63) is 109 Å². The Balaban J connectivity index is 1.42. The Morgan fingerprint density at radius 1 is 0.469 bits per heavy atom. The first-order valence-corrected chi connectivity index (χ1v) is 11.7. The molecule has 0 aliphatic carbocycles. The van der Waals surface area contributed by atoms with Crippen LogP contribution in [0.5, 0.6) is 0 Å². The van der Waals surface area contributed by atoms with Gasteiger partial charge in [0.25, 0.3) is 0 Å². The van der Waals surface area contributed by atoms with Crippen molar-refractivity contribution in [1.29, 1.82) is 0 Å². The minimum Gasteiger partial charge on any atom is -0.354 e. The predicted octanol–water partition coefficient (Wildman–Crippen LogP) is 9.02. The van der Waals surface area contributed by atoms with Gasteiger partial charge in [-0.15, -0.1) is 11.3 Å². The fraction of sp³-hybridized carbons (Fsp3) is 0. The summed E-state index contributed by atoms with van der Waals surface area (Å²) in [5, 5.41) is 5.25. The first kappa shape index (κ1) is 17.8. The Hall–Kier alpha value is -3.88. The second kappa shape index (κ2) is 6.81. The van der Waals surface area contributed by atoms with Gasteiger partial charge in [-0.1, -0.05) is 84.9 Å². The second-order valence-electron chi connectivity index (χ2n) is 8.29. The molecule has 0 saturated heterocycles. The zero-order valence-electron chi connectivity index (χ0n) is 17.3. The van der Waals surface area contributed by atoms with Crippen molar-refractivity contribution in [2.45, 2.75) is 0 Å². The molecule has 2 aromatic heterocycles. The summed E-state index contributed by atoms with van der Waals surface area (Å²) in [6, 6.07) is 39.4. The number of nitrogens with one attached hydrogen (secondary N) is 1. The van der Waals surface area contributed by atoms with E-state index in [1.807, 2.05) is 11.3 Å². The van der Waals surface area contributed by atoms with Crippen LogP contribution in [0.4, 0.5) is 0 Å². The van der Waals surface area contributed by atoms with Crippen molar-refractivity contribution >= 4 is 53.3 Å². The van der Waals surface area contributed by atoms with Gasteiger partial charge in [0.2, 0.25) is 0 Å². The van der Waals surface area contributed by atoms with E-state index in [9.17, 15) is 0 Å². The lowest BCUT2D eigenvalue weighted by molar-refractivity contribution is 1.57. The molecule has 0 atom stereocenters. The van der Waals surface area contributed by atoms with E-state index >= 15 is 0 Å². The number of fused-ring (bicyclic) bond motifs is 7. The Kier molecular flexibility index (Phi) is 3.78. The minimum atomic E-state index is 1.20. The largest absolute Gasteiger partial charge is 0.354 e. The monoisotopic (exact) mass is 425 g/mol. The van der Waals surface area contributed by atoms with E-state index in [-0.39, 0.29) is 0 Å². The van der Waals surface area contributed by atoms with Crippen molar-refractivity contribution in [2.24, 2.45) is 0 Å². The average molecular weight is 426 g/mol. The van der Waals surface area contributed by atoms with Crippen LogP contribution in [0, 0.1) is 0 Å². The third kappa shape index (κ3) is 2.63. The molecule has 1 N–H and O–H groups in total. The smallest absolute Gasteiger partial charge is 0.0559 e. The molecule has 2 heteroatoms. The van der Waals surface area contributed by atoms with Crippen LogP contribution >= 0.6 is 11.3 Å². The highest BCUT2D eigenvalue weighted by Crippen LogP contribution is 2.41. The lowest BCUT2D eigenvalue weighted by Gasteiger charge is -2.06. The van der Waals surface area contributed by atoms with Crippen molar-refractivity contribution in [2.75, 3.05) is 0 Å². The summed E-state index contributed by atoms with van der Waals surface area (Å²) in [5.74, 6) is 0. The topological polar surface area (TPSA) is 15.8 Å². The van der Waals surface area contributed by atoms with Crippen LogP contribution in [0.2, 0.25) is 0 Å². The molecule has 1 nitrogen and oxygen atoms in total. The maximum Gasteiger partial charge on any atom is 0.0559 e. The van der Waals surface area contributed by atoms with Gasteiger partial charge >= 0.3 is 0 Å². The van der Waals surface area contributed by atoms with Crippen LogP contribution in [0.25, 0.3) is 64.2 Å². The summed E-state index contributed by atoms with van der Waals surface area (Å²) < 4.78 is 2.66. The highest BCUT2D eigenvalue weighted by atomic mass is 32.1. The number of rotatable bonds is 2. The maximum absolute atomic E-state index is 3.69. The van der Waals surface area contributed by atoms with Crippen LogP contribution in [-0.4, -0.2) is 4.98 Å². The fourth-order valence-corrected chi connectivity index (χ4v) is 5.94. The van der Waals surface area contributed by atoms with E-state index in [0.717, 1.165) is 0 Å². The van der Waals surface area contributed by atoms with Gasteiger partial charge in [-0.05, 0) is 46.5 Å². The van der Waals surface area contributed by atoms with E-state index in [4.69, 9.17) is 0 Å². The molecule has 0 amide bonds. The summed E-state index contributed by atoms with van der Waals surface area (Å²) >= 11 is 1.87. The Labute approximate surface area is 189 Å². The molecule has 7 rings (SSSR count). The van der Waals surface area contributed by atoms with E-state index in [1.54, 1.807) is 0 Å². The fourth-order valence-electron chi connectivity index (χ4n) is 4.85. The molecule has 0 aliphatic rings. The van der Waals surface area contributed by atoms with Gasteiger partial charge in [-0.25, -0.2) is 0 Å². The highest BCUT2D eigenvalue weighted by molar-refractivity contribution is 7.26. The highest BCUT2D eigenvalue weighted by Gasteiger charge is 2.13. The van der Waals surface area contributed by atoms with E-state index in [2.05, 4.69) is 114 Å². The zero-order chi connectivity index (χ0) is 21.1. The molecule has 0 radical (unpaired) electrons. The Morgan fingerprint density at radius 3 is 1.97 bits per heavy atom. The first-order valence-electron chi connectivity index (χ1n) is 10.9. The van der Waals surface area contributed by atoms with E-state index in [0.29, 0.717) is 0 Å². The van der Waals surface area contributed by atoms with Crippen LogP contribution in [0.1, 0.15) is 0 Å². The molecule has 7 aromatic rings. The molecule has 5 aromatic carbocycles. The van der Waals surface area contributed by atoms with Gasteiger partial charge in [-0.3, -0.25) is 0 Å². The lowest BCUT2D eigenvalue weighted by Crippen LogP contribution is -1.80. The number of hydrogen-bond acceptors (Lipinski definition) is 1. The van der Waals surface area contributed by atoms with Crippen LogP contribution in [0.3, 0.4) is 0 Å². The standard InChI is InChI=1S/C30H19NS/c1-2-6-19(7-3-1)20-10-12-21(13-11-20)22-14-16-27-25(18-22)29-28(32-27)17-15-24-23-8-4-5-9-26(23)31-30(24)29/h1-18,31H. The quantitative estimate of drug-likeness (QED) is 0.284. The summed E-state index contributed by atoms with van der Waals surface area (Å²) in [7, 11) is 0. The number of hydrogen-bond donors (Lipinski definition) is 1. The van der Waals surface area contributed by atoms with Gasteiger partial charge in [0.1, 0.15) is 0 Å². The van der Waals surface area contributed by atoms with Gasteiger partial charge in [0.05, 0.1) is 5.52 Å². The minimum absolute atomic E-state index is 1.20. The summed E-state index contributed by atoms with van der Waals surface area (Å²) in [4.78, 5) is 3.69. The average Bonchev–Trinajstić information content (AvgIpc) is 3.42. The number of H-pyrrole nitrogens is 1. The molecule has 32 heavy (non-hydrogen) atoms. The third-order valence-corrected chi connectivity index (χ3v) is 7.57. The van der Waals surface area contributed by atoms with Gasteiger partial charge in [0.15, 0.2) is 0 Å². The van der Waals surface area contributed by atoms with Gasteiger partial charge in [0, 0.05) is 36.5 Å². The molecule has 0 unspecified atom stereocenters. The number of aromatic nitrogens is 1. The molecular formula is C30H19NS. The van der Waals surface area contributed by atoms with Gasteiger partial charge < -0.3 is 4.98 Å². The normalized spacial score (nSPS) is 11.8. The molecular weight excluding hydrogens is 406 g/mol. The summed E-state index contributed by atoms with van der Waals surface area (Å²) in [6.07, 6.45) is 0. The van der Waals surface area contributed by atoms with Crippen molar-refractivity contribution in [3.63, 3.8) is 0 Å². The van der Waals surface area contributed by atoms with Crippen molar-refractivity contribution in [3.8, 4) is 22.3 Å². The first-order chi connectivity index (χ1) is 15.8. The van der Waals surface area contributed by atoms with Crippen LogP contribution in [-0.2, 0) is 0 Å². The second-order valence-corrected chi connectivity index (χ2v) is 9.37. The van der Waals surface area contributed by atoms with Crippen LogP contribution in [0.15, 0.2) is 109 Å². The van der Waals surface area contributed by atoms with Crippen LogP contribution < -0.4 is 0 Å². The summed E-state index contributed by atoms with van der Waals surface area (Å²) in [5.41, 5.74) is 7.43. The molecule has 0 fully saturated rings. The van der Waals surface area contributed by atoms with Crippen molar-refractivity contribution in [1.82, 2.24) is 4.98 Å². The Morgan fingerprint density at radius 2 is 1.12 bits per heavy atom. The maximum atomic E-state index is 3.69. The number of benzene rings is 5. The molecule has 0 spiro atoms. The van der Waals surface area contributed by atoms with Crippen molar-refractivity contribution < 1.29 is 0 Å². The van der Waals surface area contributed by atoms with E-state index < -0.39 is 0 Å². The number of para-hydroxylation sites is 1. The molecule has 0 saturated carbocycles. The number of thiophene rings is 1. The Bertz CT molecular complexity index is 1750. The zero-order valence-corrected chi connectivity index (χ0v) is 18.1. The SMILES string of the molecule is c1ccc(-c2ccc(-c3ccc4sc5ccc6c7ccccc7[nH]c6c5c4c3)cc2)cc1. The number of aromatic amines is 1. The molecule has 0 aliphatic heterocycles. The summed E-state index contributed by atoms with van der Waals surface area (Å²) in [6.45, 7) is 0. The predicted molar refractivity (Wildman–Crippen MR) is 140 cm³/mol. The third-order valence-electron chi connectivity index (χ3n) is 6.44. The molecule has 2 heterocycles. The van der Waals surface area contributed by atoms with Gasteiger partial charge in [-0.2, -0.15) is 0 Å². The molecule has 150 valence electrons.